The first-order valence-corrected chi connectivity index (χ1v) is 13.9. The molecule has 4 aromatic heterocycles. The number of halogens is 2. The number of hydrogen-bond acceptors (Lipinski definition) is 7. The molecule has 5 heterocycles. The molecule has 1 fully saturated rings. The predicted molar refractivity (Wildman–Crippen MR) is 151 cm³/mol. The van der Waals surface area contributed by atoms with Gasteiger partial charge in [0, 0.05) is 30.4 Å². The summed E-state index contributed by atoms with van der Waals surface area (Å²) in [7, 11) is 0. The Morgan fingerprint density at radius 3 is 2.56 bits per heavy atom. The Kier molecular flexibility index (Phi) is 7.49. The minimum absolute atomic E-state index is 0.161. The van der Waals surface area contributed by atoms with Crippen LogP contribution in [-0.2, 0) is 4.74 Å². The Hall–Kier alpha value is -3.29. The van der Waals surface area contributed by atoms with Crippen molar-refractivity contribution < 1.29 is 18.7 Å². The zero-order valence-electron chi connectivity index (χ0n) is 22.6. The standard InChI is InChI=1S/C27H31FIN7O3/c1-16-20(14-32-36(16)19-8-10-34(11-9-19)26(37)39-27(3,4)5)22-12-24-31-15-23(29)35(24)25(33-22)38-17(2)21-7-6-18(28)13-30-21/h6-7,12-15,17,19H,8-11H2,1-5H3/t17-/m1/s1. The van der Waals surface area contributed by atoms with E-state index in [4.69, 9.17) is 19.6 Å². The second-order valence-electron chi connectivity index (χ2n) is 10.6. The monoisotopic (exact) mass is 647 g/mol. The molecule has 1 amide bonds. The van der Waals surface area contributed by atoms with Crippen LogP contribution in [0.1, 0.15) is 64.1 Å². The highest BCUT2D eigenvalue weighted by Crippen LogP contribution is 2.32. The van der Waals surface area contributed by atoms with Gasteiger partial charge in [-0.05, 0) is 82.2 Å². The topological polar surface area (TPSA) is 99.7 Å². The number of likely N-dealkylation sites (tertiary alicyclic amines) is 1. The SMILES string of the molecule is Cc1c(-c2cc3ncc(I)n3c(O[C@H](C)c3ccc(F)cn3)n2)cnn1C1CCN(C(=O)OC(C)(C)C)CC1. The Morgan fingerprint density at radius 2 is 1.90 bits per heavy atom. The van der Waals surface area contributed by atoms with E-state index in [1.165, 1.54) is 12.3 Å². The third-order valence-corrected chi connectivity index (χ3v) is 7.41. The molecule has 5 rings (SSSR count). The van der Waals surface area contributed by atoms with Gasteiger partial charge in [0.05, 0.1) is 36.0 Å². The highest BCUT2D eigenvalue weighted by atomic mass is 127. The molecule has 0 spiro atoms. The van der Waals surface area contributed by atoms with Crippen molar-refractivity contribution >= 4 is 34.3 Å². The first-order chi connectivity index (χ1) is 18.5. The van der Waals surface area contributed by atoms with Crippen LogP contribution in [0.25, 0.3) is 16.9 Å². The summed E-state index contributed by atoms with van der Waals surface area (Å²) in [4.78, 5) is 27.8. The van der Waals surface area contributed by atoms with Gasteiger partial charge in [-0.1, -0.05) is 0 Å². The average molecular weight is 647 g/mol. The summed E-state index contributed by atoms with van der Waals surface area (Å²) in [5.41, 5.74) is 3.31. The van der Waals surface area contributed by atoms with Gasteiger partial charge in [0.25, 0.3) is 0 Å². The van der Waals surface area contributed by atoms with Crippen LogP contribution in [-0.4, -0.2) is 58.8 Å². The molecule has 39 heavy (non-hydrogen) atoms. The number of fused-ring (bicyclic) bond motifs is 1. The van der Waals surface area contributed by atoms with E-state index in [0.29, 0.717) is 36.1 Å². The first kappa shape index (κ1) is 27.3. The second-order valence-corrected chi connectivity index (χ2v) is 11.8. The fourth-order valence-corrected chi connectivity index (χ4v) is 5.26. The number of carbonyl (C=O) groups excluding carboxylic acids is 1. The van der Waals surface area contributed by atoms with Gasteiger partial charge < -0.3 is 14.4 Å². The van der Waals surface area contributed by atoms with Crippen molar-refractivity contribution in [1.82, 2.24) is 34.0 Å². The average Bonchev–Trinajstić information content (AvgIpc) is 3.46. The van der Waals surface area contributed by atoms with Gasteiger partial charge in [-0.25, -0.2) is 18.6 Å². The van der Waals surface area contributed by atoms with Gasteiger partial charge in [-0.3, -0.25) is 9.67 Å². The fraction of sp³-hybridized carbons (Fsp3) is 0.444. The van der Waals surface area contributed by atoms with Gasteiger partial charge in [-0.2, -0.15) is 10.1 Å². The number of pyridine rings is 1. The summed E-state index contributed by atoms with van der Waals surface area (Å²) >= 11 is 2.19. The van der Waals surface area contributed by atoms with Gasteiger partial charge in [0.15, 0.2) is 0 Å². The molecule has 0 aromatic carbocycles. The lowest BCUT2D eigenvalue weighted by atomic mass is 10.0. The summed E-state index contributed by atoms with van der Waals surface area (Å²) in [6.45, 7) is 10.7. The Labute approximate surface area is 239 Å². The van der Waals surface area contributed by atoms with Crippen LogP contribution in [0.5, 0.6) is 6.01 Å². The van der Waals surface area contributed by atoms with E-state index in [9.17, 15) is 9.18 Å². The number of aromatic nitrogens is 6. The number of rotatable bonds is 5. The zero-order valence-corrected chi connectivity index (χ0v) is 24.7. The smallest absolute Gasteiger partial charge is 0.410 e. The van der Waals surface area contributed by atoms with Gasteiger partial charge in [0.1, 0.15) is 26.9 Å². The van der Waals surface area contributed by atoms with Crippen LogP contribution in [0, 0.1) is 16.4 Å². The van der Waals surface area contributed by atoms with E-state index in [-0.39, 0.29) is 12.1 Å². The first-order valence-electron chi connectivity index (χ1n) is 12.8. The van der Waals surface area contributed by atoms with Crippen LogP contribution in [0.15, 0.2) is 36.8 Å². The Balaban J connectivity index is 1.38. The molecule has 0 saturated carbocycles. The maximum Gasteiger partial charge on any atom is 0.410 e. The summed E-state index contributed by atoms with van der Waals surface area (Å²) < 4.78 is 29.8. The molecule has 0 N–H and O–H groups in total. The molecule has 0 bridgehead atoms. The minimum atomic E-state index is -0.516. The lowest BCUT2D eigenvalue weighted by Gasteiger charge is -2.33. The number of nitrogens with zero attached hydrogens (tertiary/aromatic N) is 7. The molecule has 1 saturated heterocycles. The van der Waals surface area contributed by atoms with Crippen molar-refractivity contribution in [1.29, 1.82) is 0 Å². The highest BCUT2D eigenvalue weighted by molar-refractivity contribution is 14.1. The van der Waals surface area contributed by atoms with Crippen LogP contribution >= 0.6 is 22.6 Å². The molecular formula is C27H31FIN7O3. The van der Waals surface area contributed by atoms with Crippen molar-refractivity contribution in [3.05, 3.63) is 57.7 Å². The van der Waals surface area contributed by atoms with Crippen molar-refractivity contribution in [2.24, 2.45) is 0 Å². The van der Waals surface area contributed by atoms with Crippen LogP contribution in [0.2, 0.25) is 0 Å². The van der Waals surface area contributed by atoms with E-state index < -0.39 is 17.5 Å². The van der Waals surface area contributed by atoms with E-state index in [1.54, 1.807) is 17.2 Å². The molecule has 0 aliphatic carbocycles. The molecule has 206 valence electrons. The molecule has 10 nitrogen and oxygen atoms in total. The molecule has 1 atom stereocenters. The van der Waals surface area contributed by atoms with E-state index in [0.717, 1.165) is 27.8 Å². The maximum atomic E-state index is 13.4. The Morgan fingerprint density at radius 1 is 1.15 bits per heavy atom. The van der Waals surface area contributed by atoms with Gasteiger partial charge in [-0.15, -0.1) is 0 Å². The lowest BCUT2D eigenvalue weighted by Crippen LogP contribution is -2.42. The van der Waals surface area contributed by atoms with E-state index in [1.807, 2.05) is 56.0 Å². The van der Waals surface area contributed by atoms with Crippen LogP contribution in [0.3, 0.4) is 0 Å². The number of imidazole rings is 1. The molecule has 0 radical (unpaired) electrons. The maximum absolute atomic E-state index is 13.4. The number of amides is 1. The van der Waals surface area contributed by atoms with Crippen LogP contribution in [0.4, 0.5) is 9.18 Å². The number of carbonyl (C=O) groups is 1. The summed E-state index contributed by atoms with van der Waals surface area (Å²) in [5, 5.41) is 4.70. The summed E-state index contributed by atoms with van der Waals surface area (Å²) in [6.07, 6.45) is 5.56. The van der Waals surface area contributed by atoms with E-state index in [2.05, 4.69) is 32.6 Å². The quantitative estimate of drug-likeness (QED) is 0.255. The van der Waals surface area contributed by atoms with Crippen molar-refractivity contribution in [3.8, 4) is 17.3 Å². The van der Waals surface area contributed by atoms with Gasteiger partial charge >= 0.3 is 12.1 Å². The highest BCUT2D eigenvalue weighted by Gasteiger charge is 2.29. The van der Waals surface area contributed by atoms with Crippen molar-refractivity contribution in [3.63, 3.8) is 0 Å². The molecule has 4 aromatic rings. The number of piperidine rings is 1. The molecule has 12 heteroatoms. The van der Waals surface area contributed by atoms with E-state index >= 15 is 0 Å². The van der Waals surface area contributed by atoms with Crippen molar-refractivity contribution in [2.45, 2.75) is 65.2 Å². The largest absolute Gasteiger partial charge is 0.455 e. The summed E-state index contributed by atoms with van der Waals surface area (Å²) in [6, 6.07) is 5.39. The second kappa shape index (κ2) is 10.7. The fourth-order valence-electron chi connectivity index (χ4n) is 4.67. The third kappa shape index (κ3) is 5.85. The summed E-state index contributed by atoms with van der Waals surface area (Å²) in [5.74, 6) is -0.402. The molecule has 0 unspecified atom stereocenters. The normalized spacial score (nSPS) is 15.5. The third-order valence-electron chi connectivity index (χ3n) is 6.65. The molecule has 1 aliphatic heterocycles. The minimum Gasteiger partial charge on any atom is -0.455 e. The van der Waals surface area contributed by atoms with Crippen LogP contribution < -0.4 is 4.74 Å². The zero-order chi connectivity index (χ0) is 27.9. The molecule has 1 aliphatic rings. The molecular weight excluding hydrogens is 616 g/mol. The Bertz CT molecular complexity index is 1490. The number of hydrogen-bond donors (Lipinski definition) is 0. The van der Waals surface area contributed by atoms with Gasteiger partial charge in [0.2, 0.25) is 0 Å². The number of ether oxygens (including phenoxy) is 2. The predicted octanol–water partition coefficient (Wildman–Crippen LogP) is 5.75. The lowest BCUT2D eigenvalue weighted by molar-refractivity contribution is 0.0184. The van der Waals surface area contributed by atoms with Crippen molar-refractivity contribution in [2.75, 3.05) is 13.1 Å².